The number of aromatic nitrogens is 1. The van der Waals surface area contributed by atoms with Gasteiger partial charge in [0.2, 0.25) is 4.80 Å². The average molecular weight is 279 g/mol. The molecule has 0 aliphatic heterocycles. The predicted octanol–water partition coefficient (Wildman–Crippen LogP) is 2.19. The van der Waals surface area contributed by atoms with Crippen LogP contribution in [0.25, 0.3) is 0 Å². The minimum atomic E-state index is 0.609. The summed E-state index contributed by atoms with van der Waals surface area (Å²) in [5, 5.41) is 6.45. The lowest BCUT2D eigenvalue weighted by atomic mass is 10.3. The summed E-state index contributed by atoms with van der Waals surface area (Å²) >= 11 is 1.56. The van der Waals surface area contributed by atoms with E-state index in [1.54, 1.807) is 30.9 Å². The molecule has 0 N–H and O–H groups in total. The molecule has 2 aromatic rings. The third kappa shape index (κ3) is 3.42. The second-order valence-electron chi connectivity index (χ2n) is 4.06. The highest BCUT2D eigenvalue weighted by atomic mass is 32.1. The Bertz CT molecular complexity index is 622. The predicted molar refractivity (Wildman–Crippen MR) is 75.8 cm³/mol. The van der Waals surface area contributed by atoms with Gasteiger partial charge in [0.05, 0.1) is 31.3 Å². The van der Waals surface area contributed by atoms with Gasteiger partial charge in [0, 0.05) is 12.5 Å². The highest BCUT2D eigenvalue weighted by Gasteiger charge is 2.01. The summed E-state index contributed by atoms with van der Waals surface area (Å²) in [6.45, 7) is 5.22. The van der Waals surface area contributed by atoms with Gasteiger partial charge in [0.15, 0.2) is 0 Å². The number of nitrogens with zero attached hydrogens (tertiary/aromatic N) is 3. The van der Waals surface area contributed by atoms with Gasteiger partial charge in [0.25, 0.3) is 0 Å². The molecule has 0 aliphatic rings. The van der Waals surface area contributed by atoms with Crippen LogP contribution in [0.1, 0.15) is 17.0 Å². The molecule has 2 aromatic heterocycles. The van der Waals surface area contributed by atoms with E-state index in [0.29, 0.717) is 13.2 Å². The van der Waals surface area contributed by atoms with E-state index >= 15 is 0 Å². The Labute approximate surface area is 115 Å². The van der Waals surface area contributed by atoms with Crippen molar-refractivity contribution in [2.24, 2.45) is 10.1 Å². The van der Waals surface area contributed by atoms with Gasteiger partial charge in [-0.05, 0) is 25.5 Å². The molecule has 0 aromatic carbocycles. The third-order valence-corrected chi connectivity index (χ3v) is 3.56. The molecule has 5 nitrogen and oxygen atoms in total. The zero-order valence-corrected chi connectivity index (χ0v) is 12.1. The SMILES string of the molecule is COCCN=c1scc(C)n1N=Cc1occc1C. The minimum Gasteiger partial charge on any atom is -0.463 e. The van der Waals surface area contributed by atoms with E-state index in [1.165, 1.54) is 0 Å². The summed E-state index contributed by atoms with van der Waals surface area (Å²) in [7, 11) is 1.67. The summed E-state index contributed by atoms with van der Waals surface area (Å²) < 4.78 is 12.1. The van der Waals surface area contributed by atoms with Gasteiger partial charge in [-0.1, -0.05) is 0 Å². The van der Waals surface area contributed by atoms with Crippen LogP contribution in [0.5, 0.6) is 0 Å². The highest BCUT2D eigenvalue weighted by molar-refractivity contribution is 7.07. The Balaban J connectivity index is 2.25. The first-order chi connectivity index (χ1) is 9.22. The molecule has 2 heterocycles. The zero-order valence-electron chi connectivity index (χ0n) is 11.3. The summed E-state index contributed by atoms with van der Waals surface area (Å²) in [4.78, 5) is 5.31. The normalized spacial score (nSPS) is 12.7. The molecule has 0 radical (unpaired) electrons. The van der Waals surface area contributed by atoms with Crippen molar-refractivity contribution in [2.75, 3.05) is 20.3 Å². The molecule has 6 heteroatoms. The van der Waals surface area contributed by atoms with E-state index in [2.05, 4.69) is 10.1 Å². The molecule has 0 saturated heterocycles. The maximum atomic E-state index is 5.33. The Morgan fingerprint density at radius 3 is 3.00 bits per heavy atom. The van der Waals surface area contributed by atoms with Crippen LogP contribution in [-0.2, 0) is 4.74 Å². The second kappa shape index (κ2) is 6.49. The maximum Gasteiger partial charge on any atom is 0.205 e. The monoisotopic (exact) mass is 279 g/mol. The summed E-state index contributed by atoms with van der Waals surface area (Å²) in [5.41, 5.74) is 2.11. The van der Waals surface area contributed by atoms with Gasteiger partial charge in [-0.3, -0.25) is 4.99 Å². The third-order valence-electron chi connectivity index (χ3n) is 2.58. The molecule has 0 bridgehead atoms. The summed E-state index contributed by atoms with van der Waals surface area (Å²) in [6, 6.07) is 1.91. The van der Waals surface area contributed by atoms with Crippen LogP contribution >= 0.6 is 11.3 Å². The van der Waals surface area contributed by atoms with Gasteiger partial charge in [-0.15, -0.1) is 11.3 Å². The summed E-state index contributed by atoms with van der Waals surface area (Å²) in [5.74, 6) is 0.765. The van der Waals surface area contributed by atoms with Crippen molar-refractivity contribution in [3.05, 3.63) is 39.5 Å². The first-order valence-electron chi connectivity index (χ1n) is 5.97. The number of rotatable bonds is 5. The Hall–Kier alpha value is -1.66. The van der Waals surface area contributed by atoms with E-state index in [1.807, 2.05) is 30.0 Å². The molecule has 19 heavy (non-hydrogen) atoms. The zero-order chi connectivity index (χ0) is 13.7. The molecular weight excluding hydrogens is 262 g/mol. The maximum absolute atomic E-state index is 5.33. The Morgan fingerprint density at radius 2 is 2.32 bits per heavy atom. The largest absolute Gasteiger partial charge is 0.463 e. The van der Waals surface area contributed by atoms with Crippen LogP contribution < -0.4 is 4.80 Å². The first-order valence-corrected chi connectivity index (χ1v) is 6.85. The van der Waals surface area contributed by atoms with Crippen LogP contribution in [0.3, 0.4) is 0 Å². The minimum absolute atomic E-state index is 0.609. The van der Waals surface area contributed by atoms with E-state index in [9.17, 15) is 0 Å². The molecule has 2 rings (SSSR count). The van der Waals surface area contributed by atoms with Crippen LogP contribution in [-0.4, -0.2) is 31.2 Å². The molecule has 0 aliphatic carbocycles. The van der Waals surface area contributed by atoms with E-state index in [4.69, 9.17) is 9.15 Å². The fourth-order valence-corrected chi connectivity index (χ4v) is 2.33. The standard InChI is InChI=1S/C13H17N3O2S/c1-10-4-6-18-12(10)8-15-16-11(2)9-19-13(16)14-5-7-17-3/h4,6,8-9H,5,7H2,1-3H3. The molecular formula is C13H17N3O2S. The van der Waals surface area contributed by atoms with Crippen molar-refractivity contribution in [3.8, 4) is 0 Å². The number of hydrogen-bond donors (Lipinski definition) is 0. The fourth-order valence-electron chi connectivity index (χ4n) is 1.49. The van der Waals surface area contributed by atoms with Crippen LogP contribution in [0.4, 0.5) is 0 Å². The van der Waals surface area contributed by atoms with E-state index in [0.717, 1.165) is 21.8 Å². The van der Waals surface area contributed by atoms with Crippen molar-refractivity contribution in [1.82, 2.24) is 4.68 Å². The highest BCUT2D eigenvalue weighted by Crippen LogP contribution is 2.06. The molecule has 0 fully saturated rings. The first kappa shape index (κ1) is 13.8. The van der Waals surface area contributed by atoms with Crippen molar-refractivity contribution < 1.29 is 9.15 Å². The average Bonchev–Trinajstić information content (AvgIpc) is 2.95. The number of methoxy groups -OCH3 is 1. The number of hydrogen-bond acceptors (Lipinski definition) is 5. The number of furan rings is 1. The Morgan fingerprint density at radius 1 is 1.47 bits per heavy atom. The lowest BCUT2D eigenvalue weighted by Crippen LogP contribution is -2.13. The van der Waals surface area contributed by atoms with Crippen molar-refractivity contribution in [2.45, 2.75) is 13.8 Å². The second-order valence-corrected chi connectivity index (χ2v) is 4.89. The number of aryl methyl sites for hydroxylation is 2. The van der Waals surface area contributed by atoms with Crippen LogP contribution in [0.15, 0.2) is 32.2 Å². The van der Waals surface area contributed by atoms with Gasteiger partial charge in [-0.25, -0.2) is 4.68 Å². The lowest BCUT2D eigenvalue weighted by molar-refractivity contribution is 0.207. The van der Waals surface area contributed by atoms with Crippen LogP contribution in [0.2, 0.25) is 0 Å². The van der Waals surface area contributed by atoms with Gasteiger partial charge in [0.1, 0.15) is 5.76 Å². The van der Waals surface area contributed by atoms with Crippen molar-refractivity contribution >= 4 is 17.6 Å². The topological polar surface area (TPSA) is 52.0 Å². The lowest BCUT2D eigenvalue weighted by Gasteiger charge is -1.97. The van der Waals surface area contributed by atoms with E-state index < -0.39 is 0 Å². The quantitative estimate of drug-likeness (QED) is 0.622. The summed E-state index contributed by atoms with van der Waals surface area (Å²) in [6.07, 6.45) is 3.37. The molecule has 0 amide bonds. The smallest absolute Gasteiger partial charge is 0.205 e. The van der Waals surface area contributed by atoms with Crippen LogP contribution in [0, 0.1) is 13.8 Å². The molecule has 0 spiro atoms. The van der Waals surface area contributed by atoms with Gasteiger partial charge in [-0.2, -0.15) is 5.10 Å². The fraction of sp³-hybridized carbons (Fsp3) is 0.385. The van der Waals surface area contributed by atoms with Gasteiger partial charge >= 0.3 is 0 Å². The molecule has 0 saturated carbocycles. The van der Waals surface area contributed by atoms with Gasteiger partial charge < -0.3 is 9.15 Å². The molecule has 0 unspecified atom stereocenters. The number of ether oxygens (including phenoxy) is 1. The number of thiazole rings is 1. The van der Waals surface area contributed by atoms with E-state index in [-0.39, 0.29) is 0 Å². The van der Waals surface area contributed by atoms with Crippen molar-refractivity contribution in [3.63, 3.8) is 0 Å². The molecule has 102 valence electrons. The Kier molecular flexibility index (Phi) is 4.70. The molecule has 0 atom stereocenters. The van der Waals surface area contributed by atoms with Crippen molar-refractivity contribution in [1.29, 1.82) is 0 Å².